The average molecular weight is 474 g/mol. The Morgan fingerprint density at radius 1 is 0.971 bits per heavy atom. The fourth-order valence-electron chi connectivity index (χ4n) is 4.89. The highest BCUT2D eigenvalue weighted by Gasteiger charge is 2.25. The van der Waals surface area contributed by atoms with E-state index in [0.29, 0.717) is 17.8 Å². The Hall–Kier alpha value is -2.99. The molecular weight excluding hydrogens is 434 g/mol. The maximum Gasteiger partial charge on any atom is 0.239 e. The van der Waals surface area contributed by atoms with Gasteiger partial charge in [-0.25, -0.2) is 9.97 Å². The van der Waals surface area contributed by atoms with E-state index in [1.165, 1.54) is 11.1 Å². The fourth-order valence-corrected chi connectivity index (χ4v) is 4.89. The summed E-state index contributed by atoms with van der Waals surface area (Å²) < 4.78 is 0. The molecule has 0 radical (unpaired) electrons. The number of benzene rings is 2. The summed E-state index contributed by atoms with van der Waals surface area (Å²) in [5, 5.41) is 11.1. The van der Waals surface area contributed by atoms with E-state index in [4.69, 9.17) is 0 Å². The molecule has 0 spiro atoms. The van der Waals surface area contributed by atoms with Crippen LogP contribution < -0.4 is 16.0 Å². The van der Waals surface area contributed by atoms with Crippen molar-refractivity contribution in [2.24, 2.45) is 0 Å². The minimum absolute atomic E-state index is 0.00443. The zero-order valence-electron chi connectivity index (χ0n) is 21.7. The van der Waals surface area contributed by atoms with Crippen LogP contribution in [0.3, 0.4) is 0 Å². The molecule has 1 amide bonds. The molecule has 1 saturated carbocycles. The van der Waals surface area contributed by atoms with Crippen LogP contribution in [-0.4, -0.2) is 40.0 Å². The van der Waals surface area contributed by atoms with Gasteiger partial charge in [0.15, 0.2) is 0 Å². The van der Waals surface area contributed by atoms with Crippen molar-refractivity contribution in [3.8, 4) is 11.1 Å². The summed E-state index contributed by atoms with van der Waals surface area (Å²) >= 11 is 0. The van der Waals surface area contributed by atoms with Crippen molar-refractivity contribution >= 4 is 22.6 Å². The standard InChI is InChI=1S/C29H39N5O/c1-19(2)20-7-6-8-21(15-20)22-9-14-26-25(16-22)28(32-18-31-26)30-17-27(35)33-23-10-12-24(13-11-23)34-29(3,4)5/h6-9,14-16,18-19,23-24,34H,10-13,17H2,1-5H3,(H,33,35)(H,30,31,32). The van der Waals surface area contributed by atoms with Crippen LogP contribution >= 0.6 is 0 Å². The molecular formula is C29H39N5O. The number of carbonyl (C=O) groups is 1. The molecule has 6 heteroatoms. The van der Waals surface area contributed by atoms with Gasteiger partial charge < -0.3 is 16.0 Å². The third kappa shape index (κ3) is 6.79. The molecule has 1 aliphatic rings. The summed E-state index contributed by atoms with van der Waals surface area (Å²) in [6.07, 6.45) is 5.74. The maximum atomic E-state index is 12.7. The normalized spacial score (nSPS) is 18.6. The molecule has 1 aromatic heterocycles. The van der Waals surface area contributed by atoms with E-state index in [1.54, 1.807) is 6.33 Å². The van der Waals surface area contributed by atoms with Gasteiger partial charge in [-0.15, -0.1) is 0 Å². The third-order valence-corrected chi connectivity index (χ3v) is 6.67. The first-order chi connectivity index (χ1) is 16.7. The summed E-state index contributed by atoms with van der Waals surface area (Å²) in [5.74, 6) is 1.16. The van der Waals surface area contributed by atoms with Crippen LogP contribution in [0.1, 0.15) is 71.8 Å². The molecule has 3 aromatic rings. The van der Waals surface area contributed by atoms with Crippen LogP contribution in [0.4, 0.5) is 5.82 Å². The maximum absolute atomic E-state index is 12.7. The molecule has 1 fully saturated rings. The molecule has 186 valence electrons. The molecule has 0 saturated heterocycles. The second-order valence-electron chi connectivity index (χ2n) is 11.1. The van der Waals surface area contributed by atoms with Gasteiger partial charge in [-0.3, -0.25) is 4.79 Å². The van der Waals surface area contributed by atoms with Crippen molar-refractivity contribution in [3.63, 3.8) is 0 Å². The van der Waals surface area contributed by atoms with Crippen molar-refractivity contribution in [2.75, 3.05) is 11.9 Å². The monoisotopic (exact) mass is 473 g/mol. The smallest absolute Gasteiger partial charge is 0.239 e. The highest BCUT2D eigenvalue weighted by atomic mass is 16.2. The van der Waals surface area contributed by atoms with Crippen molar-refractivity contribution < 1.29 is 4.79 Å². The van der Waals surface area contributed by atoms with Gasteiger partial charge in [0.25, 0.3) is 0 Å². The second kappa shape index (κ2) is 10.7. The first-order valence-corrected chi connectivity index (χ1v) is 12.8. The summed E-state index contributed by atoms with van der Waals surface area (Å²) in [4.78, 5) is 21.5. The van der Waals surface area contributed by atoms with E-state index in [-0.39, 0.29) is 24.0 Å². The number of hydrogen-bond acceptors (Lipinski definition) is 5. The largest absolute Gasteiger partial charge is 0.360 e. The zero-order chi connectivity index (χ0) is 25.0. The van der Waals surface area contributed by atoms with Crippen LogP contribution in [0, 0.1) is 0 Å². The van der Waals surface area contributed by atoms with Gasteiger partial charge in [-0.05, 0) is 81.2 Å². The lowest BCUT2D eigenvalue weighted by Crippen LogP contribution is -2.48. The molecule has 4 rings (SSSR count). The van der Waals surface area contributed by atoms with Crippen molar-refractivity contribution in [3.05, 3.63) is 54.4 Å². The van der Waals surface area contributed by atoms with Gasteiger partial charge in [-0.1, -0.05) is 44.2 Å². The minimum atomic E-state index is 0.00443. The number of anilines is 1. The van der Waals surface area contributed by atoms with Gasteiger partial charge in [0.05, 0.1) is 12.1 Å². The number of nitrogens with zero attached hydrogens (tertiary/aromatic N) is 2. The van der Waals surface area contributed by atoms with Crippen molar-refractivity contribution in [1.82, 2.24) is 20.6 Å². The van der Waals surface area contributed by atoms with Crippen LogP contribution in [0.25, 0.3) is 22.0 Å². The Kier molecular flexibility index (Phi) is 7.70. The van der Waals surface area contributed by atoms with Gasteiger partial charge in [-0.2, -0.15) is 0 Å². The highest BCUT2D eigenvalue weighted by molar-refractivity contribution is 5.93. The summed E-state index contributed by atoms with van der Waals surface area (Å²) in [7, 11) is 0. The Labute approximate surface area is 209 Å². The summed E-state index contributed by atoms with van der Waals surface area (Å²) in [5.41, 5.74) is 4.58. The van der Waals surface area contributed by atoms with E-state index in [9.17, 15) is 4.79 Å². The molecule has 0 aliphatic heterocycles. The fraction of sp³-hybridized carbons (Fsp3) is 0.483. The van der Waals surface area contributed by atoms with Gasteiger partial charge >= 0.3 is 0 Å². The zero-order valence-corrected chi connectivity index (χ0v) is 21.7. The van der Waals surface area contributed by atoms with Gasteiger partial charge in [0, 0.05) is 23.0 Å². The minimum Gasteiger partial charge on any atom is -0.360 e. The predicted molar refractivity (Wildman–Crippen MR) is 145 cm³/mol. The predicted octanol–water partition coefficient (Wildman–Crippen LogP) is 5.65. The molecule has 3 N–H and O–H groups in total. The van der Waals surface area contributed by atoms with Crippen LogP contribution in [0.15, 0.2) is 48.8 Å². The number of aromatic nitrogens is 2. The van der Waals surface area contributed by atoms with E-state index in [1.807, 2.05) is 6.07 Å². The first kappa shape index (κ1) is 25.1. The molecule has 0 bridgehead atoms. The summed E-state index contributed by atoms with van der Waals surface area (Å²) in [6.45, 7) is 11.2. The highest BCUT2D eigenvalue weighted by Crippen LogP contribution is 2.29. The lowest BCUT2D eigenvalue weighted by molar-refractivity contribution is -0.120. The Morgan fingerprint density at radius 2 is 1.69 bits per heavy atom. The number of rotatable bonds is 7. The van der Waals surface area contributed by atoms with Crippen LogP contribution in [0.2, 0.25) is 0 Å². The number of nitrogens with one attached hydrogen (secondary N) is 3. The number of amides is 1. The van der Waals surface area contributed by atoms with Crippen LogP contribution in [0.5, 0.6) is 0 Å². The third-order valence-electron chi connectivity index (χ3n) is 6.67. The Morgan fingerprint density at radius 3 is 2.40 bits per heavy atom. The van der Waals surface area contributed by atoms with E-state index >= 15 is 0 Å². The van der Waals surface area contributed by atoms with Crippen molar-refractivity contribution in [1.29, 1.82) is 0 Å². The van der Waals surface area contributed by atoms with Crippen LogP contribution in [-0.2, 0) is 4.79 Å². The van der Waals surface area contributed by atoms with Gasteiger partial charge in [0.1, 0.15) is 12.1 Å². The number of fused-ring (bicyclic) bond motifs is 1. The van der Waals surface area contributed by atoms with Gasteiger partial charge in [0.2, 0.25) is 5.91 Å². The van der Waals surface area contributed by atoms with E-state index < -0.39 is 0 Å². The molecule has 2 aromatic carbocycles. The summed E-state index contributed by atoms with van der Waals surface area (Å²) in [6, 6.07) is 15.6. The van der Waals surface area contributed by atoms with E-state index in [0.717, 1.165) is 42.1 Å². The Bertz CT molecular complexity index is 1160. The quantitative estimate of drug-likeness (QED) is 0.413. The molecule has 1 heterocycles. The first-order valence-electron chi connectivity index (χ1n) is 12.8. The number of carbonyl (C=O) groups excluding carboxylic acids is 1. The second-order valence-corrected chi connectivity index (χ2v) is 11.1. The van der Waals surface area contributed by atoms with Crippen molar-refractivity contribution in [2.45, 2.75) is 83.8 Å². The number of hydrogen-bond donors (Lipinski definition) is 3. The molecule has 0 unspecified atom stereocenters. The molecule has 0 atom stereocenters. The molecule has 6 nitrogen and oxygen atoms in total. The van der Waals surface area contributed by atoms with E-state index in [2.05, 4.69) is 96.9 Å². The molecule has 35 heavy (non-hydrogen) atoms. The molecule has 1 aliphatic carbocycles. The SMILES string of the molecule is CC(C)c1cccc(-c2ccc3ncnc(NCC(=O)NC4CCC(NC(C)(C)C)CC4)c3c2)c1. The lowest BCUT2D eigenvalue weighted by Gasteiger charge is -2.34. The Balaban J connectivity index is 1.39. The topological polar surface area (TPSA) is 78.9 Å². The average Bonchev–Trinajstić information content (AvgIpc) is 2.83. The lowest BCUT2D eigenvalue weighted by atomic mass is 9.89.